The minimum atomic E-state index is -0.787. The summed E-state index contributed by atoms with van der Waals surface area (Å²) in [4.78, 5) is 38.1. The van der Waals surface area contributed by atoms with Gasteiger partial charge in [-0.1, -0.05) is 222 Å². The summed E-state index contributed by atoms with van der Waals surface area (Å²) in [6.07, 6.45) is 70.3. The normalized spacial score (nSPS) is 12.6. The summed E-state index contributed by atoms with van der Waals surface area (Å²) in [5, 5.41) is 0. The molecule has 0 rings (SSSR count). The molecule has 386 valence electrons. The van der Waals surface area contributed by atoms with Gasteiger partial charge in [-0.15, -0.1) is 0 Å². The predicted molar refractivity (Wildman–Crippen MR) is 288 cm³/mol. The van der Waals surface area contributed by atoms with E-state index in [0.29, 0.717) is 19.3 Å². The highest BCUT2D eigenvalue weighted by molar-refractivity contribution is 5.71. The lowest BCUT2D eigenvalue weighted by molar-refractivity contribution is -0.167. The van der Waals surface area contributed by atoms with E-state index in [1.54, 1.807) is 0 Å². The third-order valence-corrected chi connectivity index (χ3v) is 12.2. The fraction of sp³-hybridized carbons (Fsp3) is 0.754. The maximum Gasteiger partial charge on any atom is 0.306 e. The van der Waals surface area contributed by atoms with Crippen molar-refractivity contribution in [2.45, 2.75) is 284 Å². The SMILES string of the molecule is CC/C=C\C/C=C\C/C=C\C/C=C\CCCCCCCCC(=O)OCC(COC(=O)CCCCCCC/C=C\CCCCC)OC(=O)CCCCCCCCC/C=C\CCCCCCCCC. The van der Waals surface area contributed by atoms with Crippen LogP contribution in [0.15, 0.2) is 72.9 Å². The van der Waals surface area contributed by atoms with Gasteiger partial charge in [0.1, 0.15) is 13.2 Å². The van der Waals surface area contributed by atoms with Crippen molar-refractivity contribution in [2.24, 2.45) is 0 Å². The van der Waals surface area contributed by atoms with Crippen LogP contribution in [0.5, 0.6) is 0 Å². The van der Waals surface area contributed by atoms with Crippen molar-refractivity contribution < 1.29 is 28.6 Å². The summed E-state index contributed by atoms with van der Waals surface area (Å²) in [6, 6.07) is 0. The molecule has 0 amide bonds. The minimum Gasteiger partial charge on any atom is -0.462 e. The Hall–Kier alpha value is -3.15. The Kier molecular flexibility index (Phi) is 52.8. The second-order valence-corrected chi connectivity index (χ2v) is 18.8. The Morgan fingerprint density at radius 3 is 0.955 bits per heavy atom. The Balaban J connectivity index is 4.39. The van der Waals surface area contributed by atoms with Crippen LogP contribution in [0.3, 0.4) is 0 Å². The molecule has 0 N–H and O–H groups in total. The van der Waals surface area contributed by atoms with Gasteiger partial charge in [-0.2, -0.15) is 0 Å². The van der Waals surface area contributed by atoms with Crippen molar-refractivity contribution in [2.75, 3.05) is 13.2 Å². The molecule has 0 aliphatic rings. The van der Waals surface area contributed by atoms with Crippen LogP contribution >= 0.6 is 0 Å². The third kappa shape index (κ3) is 53.7. The number of rotatable bonds is 51. The average Bonchev–Trinajstić information content (AvgIpc) is 3.33. The largest absolute Gasteiger partial charge is 0.462 e. The second-order valence-electron chi connectivity index (χ2n) is 18.8. The summed E-state index contributed by atoms with van der Waals surface area (Å²) in [6.45, 7) is 6.49. The number of allylic oxidation sites excluding steroid dienone is 12. The third-order valence-electron chi connectivity index (χ3n) is 12.2. The van der Waals surface area contributed by atoms with Crippen LogP contribution in [0.1, 0.15) is 278 Å². The highest BCUT2D eigenvalue weighted by Crippen LogP contribution is 2.15. The first-order valence-electron chi connectivity index (χ1n) is 28.4. The van der Waals surface area contributed by atoms with Crippen LogP contribution in [-0.4, -0.2) is 37.2 Å². The van der Waals surface area contributed by atoms with E-state index in [9.17, 15) is 14.4 Å². The van der Waals surface area contributed by atoms with E-state index in [1.165, 1.54) is 141 Å². The van der Waals surface area contributed by atoms with Gasteiger partial charge in [-0.3, -0.25) is 14.4 Å². The molecule has 6 nitrogen and oxygen atoms in total. The van der Waals surface area contributed by atoms with Crippen LogP contribution in [-0.2, 0) is 28.6 Å². The van der Waals surface area contributed by atoms with Gasteiger partial charge in [0.15, 0.2) is 6.10 Å². The first-order valence-corrected chi connectivity index (χ1v) is 28.4. The van der Waals surface area contributed by atoms with Gasteiger partial charge in [0.05, 0.1) is 0 Å². The molecule has 67 heavy (non-hydrogen) atoms. The van der Waals surface area contributed by atoms with Crippen LogP contribution in [0, 0.1) is 0 Å². The fourth-order valence-electron chi connectivity index (χ4n) is 7.89. The van der Waals surface area contributed by atoms with Gasteiger partial charge in [0, 0.05) is 19.3 Å². The lowest BCUT2D eigenvalue weighted by Gasteiger charge is -2.18. The summed E-state index contributed by atoms with van der Waals surface area (Å²) < 4.78 is 16.8. The molecule has 0 aromatic heterocycles. The Bertz CT molecular complexity index is 1260. The number of unbranched alkanes of at least 4 members (excludes halogenated alkanes) is 28. The second kappa shape index (κ2) is 55.4. The van der Waals surface area contributed by atoms with Crippen LogP contribution < -0.4 is 0 Å². The summed E-state index contributed by atoms with van der Waals surface area (Å²) in [5.41, 5.74) is 0. The number of esters is 3. The van der Waals surface area contributed by atoms with E-state index >= 15 is 0 Å². The monoisotopic (exact) mass is 935 g/mol. The van der Waals surface area contributed by atoms with E-state index in [0.717, 1.165) is 96.3 Å². The number of carbonyl (C=O) groups is 3. The van der Waals surface area contributed by atoms with Crippen LogP contribution in [0.2, 0.25) is 0 Å². The highest BCUT2D eigenvalue weighted by Gasteiger charge is 2.19. The van der Waals surface area contributed by atoms with Gasteiger partial charge in [0.2, 0.25) is 0 Å². The molecular weight excluding hydrogens is 829 g/mol. The molecule has 0 fully saturated rings. The molecule has 1 atom stereocenters. The molecule has 0 saturated carbocycles. The lowest BCUT2D eigenvalue weighted by atomic mass is 10.1. The molecule has 0 aromatic carbocycles. The average molecular weight is 936 g/mol. The van der Waals surface area contributed by atoms with Crippen molar-refractivity contribution in [1.29, 1.82) is 0 Å². The van der Waals surface area contributed by atoms with Crippen molar-refractivity contribution in [1.82, 2.24) is 0 Å². The molecule has 0 aromatic rings. The van der Waals surface area contributed by atoms with Gasteiger partial charge in [-0.25, -0.2) is 0 Å². The molecule has 0 spiro atoms. The van der Waals surface area contributed by atoms with Gasteiger partial charge >= 0.3 is 17.9 Å². The van der Waals surface area contributed by atoms with Gasteiger partial charge < -0.3 is 14.2 Å². The predicted octanol–water partition coefficient (Wildman–Crippen LogP) is 19.0. The number of hydrogen-bond donors (Lipinski definition) is 0. The summed E-state index contributed by atoms with van der Waals surface area (Å²) in [5.74, 6) is -0.906. The first kappa shape index (κ1) is 63.8. The van der Waals surface area contributed by atoms with Gasteiger partial charge in [-0.05, 0) is 109 Å². The zero-order valence-electron chi connectivity index (χ0n) is 44.2. The Labute approximate surface area is 414 Å². The zero-order chi connectivity index (χ0) is 48.6. The molecule has 1 unspecified atom stereocenters. The first-order chi connectivity index (χ1) is 33.0. The maximum atomic E-state index is 12.8. The van der Waals surface area contributed by atoms with Crippen molar-refractivity contribution in [3.05, 3.63) is 72.9 Å². The summed E-state index contributed by atoms with van der Waals surface area (Å²) >= 11 is 0. The molecule has 6 heteroatoms. The number of hydrogen-bond acceptors (Lipinski definition) is 6. The van der Waals surface area contributed by atoms with Crippen molar-refractivity contribution >= 4 is 17.9 Å². The quantitative estimate of drug-likeness (QED) is 0.0262. The van der Waals surface area contributed by atoms with Crippen molar-refractivity contribution in [3.63, 3.8) is 0 Å². The molecule has 0 bridgehead atoms. The fourth-order valence-corrected chi connectivity index (χ4v) is 7.89. The zero-order valence-corrected chi connectivity index (χ0v) is 44.2. The van der Waals surface area contributed by atoms with Crippen molar-refractivity contribution in [3.8, 4) is 0 Å². The van der Waals surface area contributed by atoms with E-state index in [-0.39, 0.29) is 31.1 Å². The maximum absolute atomic E-state index is 12.8. The molecular formula is C61H106O6. The topological polar surface area (TPSA) is 78.9 Å². The van der Waals surface area contributed by atoms with Gasteiger partial charge in [0.25, 0.3) is 0 Å². The minimum absolute atomic E-state index is 0.0856. The molecule has 0 heterocycles. The molecule has 0 aliphatic carbocycles. The standard InChI is InChI=1S/C61H106O6/c1-4-7-10-13-16-19-22-25-27-29-31-33-34-36-39-42-45-48-51-54-60(63)66-57-58(56-65-59(62)53-50-47-44-41-38-24-21-18-15-12-9-6-3)67-61(64)55-52-49-46-43-40-37-35-32-30-28-26-23-20-17-14-11-8-5-2/h7,10,16,18-19,21,25,27-28,30-31,33,58H,4-6,8-9,11-15,17,20,22-24,26,29,32,34-57H2,1-3H3/b10-7-,19-16-,21-18-,27-25-,30-28-,33-31-. The Morgan fingerprint density at radius 1 is 0.313 bits per heavy atom. The Morgan fingerprint density at radius 2 is 0.582 bits per heavy atom. The highest BCUT2D eigenvalue weighted by atomic mass is 16.6. The molecule has 0 radical (unpaired) electrons. The molecule has 0 aliphatic heterocycles. The summed E-state index contributed by atoms with van der Waals surface area (Å²) in [7, 11) is 0. The smallest absolute Gasteiger partial charge is 0.306 e. The van der Waals surface area contributed by atoms with E-state index in [1.807, 2.05) is 0 Å². The van der Waals surface area contributed by atoms with E-state index in [4.69, 9.17) is 14.2 Å². The number of carbonyl (C=O) groups excluding carboxylic acids is 3. The lowest BCUT2D eigenvalue weighted by Crippen LogP contribution is -2.30. The van der Waals surface area contributed by atoms with Crippen LogP contribution in [0.4, 0.5) is 0 Å². The van der Waals surface area contributed by atoms with E-state index in [2.05, 4.69) is 93.7 Å². The molecule has 0 saturated heterocycles. The number of ether oxygens (including phenoxy) is 3. The van der Waals surface area contributed by atoms with E-state index < -0.39 is 6.10 Å². The van der Waals surface area contributed by atoms with Crippen LogP contribution in [0.25, 0.3) is 0 Å².